The third-order valence-corrected chi connectivity index (χ3v) is 0.718. The molecular formula is C6H9NO. The quantitative estimate of drug-likeness (QED) is 0.501. The Hall–Kier alpha value is -0.840. The molecule has 0 aromatic heterocycles. The first-order valence-electron chi connectivity index (χ1n) is 2.59. The molecule has 0 N–H and O–H groups in total. The lowest BCUT2D eigenvalue weighted by molar-refractivity contribution is -0.114. The highest BCUT2D eigenvalue weighted by Crippen LogP contribution is 1.97. The van der Waals surface area contributed by atoms with Crippen LogP contribution < -0.4 is 0 Å². The summed E-state index contributed by atoms with van der Waals surface area (Å²) in [5.74, 6) is -0.0119. The van der Waals surface area contributed by atoms with Gasteiger partial charge in [0.1, 0.15) is 6.07 Å². The van der Waals surface area contributed by atoms with Crippen molar-refractivity contribution in [3.05, 3.63) is 0 Å². The smallest absolute Gasteiger partial charge is 0.232 e. The van der Waals surface area contributed by atoms with Crippen molar-refractivity contribution in [1.29, 1.82) is 5.26 Å². The summed E-state index contributed by atoms with van der Waals surface area (Å²) in [6.07, 6.45) is 0.385. The lowest BCUT2D eigenvalue weighted by atomic mass is 10.1. The van der Waals surface area contributed by atoms with Gasteiger partial charge in [-0.3, -0.25) is 4.79 Å². The Kier molecular flexibility index (Phi) is 2.86. The van der Waals surface area contributed by atoms with Gasteiger partial charge in [-0.1, -0.05) is 13.8 Å². The van der Waals surface area contributed by atoms with Gasteiger partial charge in [0.25, 0.3) is 0 Å². The molecule has 0 spiro atoms. The summed E-state index contributed by atoms with van der Waals surface area (Å²) >= 11 is 0. The molecule has 0 radical (unpaired) electrons. The molecule has 0 aliphatic carbocycles. The molecule has 0 saturated carbocycles. The van der Waals surface area contributed by atoms with E-state index in [9.17, 15) is 4.79 Å². The summed E-state index contributed by atoms with van der Waals surface area (Å²) in [4.78, 5) is 10.3. The maximum Gasteiger partial charge on any atom is 0.232 e. The first-order valence-corrected chi connectivity index (χ1v) is 2.59. The van der Waals surface area contributed by atoms with Crippen molar-refractivity contribution in [3.8, 4) is 6.07 Å². The van der Waals surface area contributed by atoms with Crippen molar-refractivity contribution in [2.24, 2.45) is 5.92 Å². The minimum Gasteiger partial charge on any atom is -0.283 e. The van der Waals surface area contributed by atoms with Crippen LogP contribution >= 0.6 is 0 Å². The van der Waals surface area contributed by atoms with Gasteiger partial charge >= 0.3 is 0 Å². The number of carbonyl (C=O) groups excluding carboxylic acids is 1. The number of nitriles is 1. The van der Waals surface area contributed by atoms with E-state index in [1.165, 1.54) is 0 Å². The molecule has 0 unspecified atom stereocenters. The van der Waals surface area contributed by atoms with Crippen molar-refractivity contribution in [2.45, 2.75) is 20.3 Å². The maximum atomic E-state index is 10.3. The van der Waals surface area contributed by atoms with Crippen molar-refractivity contribution < 1.29 is 4.79 Å². The minimum absolute atomic E-state index is 0.308. The van der Waals surface area contributed by atoms with E-state index in [1.807, 2.05) is 13.8 Å². The predicted molar refractivity (Wildman–Crippen MR) is 30.1 cm³/mol. The first-order chi connectivity index (χ1) is 3.66. The SMILES string of the molecule is CC(C)CC(=O)C#N. The predicted octanol–water partition coefficient (Wildman–Crippen LogP) is 1.13. The summed E-state index contributed by atoms with van der Waals surface area (Å²) in [5, 5.41) is 7.98. The van der Waals surface area contributed by atoms with Gasteiger partial charge in [0, 0.05) is 6.42 Å². The van der Waals surface area contributed by atoms with E-state index >= 15 is 0 Å². The zero-order valence-electron chi connectivity index (χ0n) is 5.14. The van der Waals surface area contributed by atoms with Crippen molar-refractivity contribution >= 4 is 5.78 Å². The van der Waals surface area contributed by atoms with Crippen LogP contribution in [-0.2, 0) is 4.79 Å². The van der Waals surface area contributed by atoms with E-state index in [1.54, 1.807) is 6.07 Å². The van der Waals surface area contributed by atoms with Gasteiger partial charge in [-0.05, 0) is 5.92 Å². The molecular weight excluding hydrogens is 102 g/mol. The number of hydrogen-bond acceptors (Lipinski definition) is 2. The van der Waals surface area contributed by atoms with E-state index < -0.39 is 0 Å². The standard InChI is InChI=1S/C6H9NO/c1-5(2)3-6(8)4-7/h5H,3H2,1-2H3. The molecule has 0 heterocycles. The number of ketones is 1. The molecule has 0 rings (SSSR count). The van der Waals surface area contributed by atoms with Gasteiger partial charge in [0.2, 0.25) is 5.78 Å². The fourth-order valence-corrected chi connectivity index (χ4v) is 0.416. The lowest BCUT2D eigenvalue weighted by Gasteiger charge is -1.93. The Morgan fingerprint density at radius 2 is 2.25 bits per heavy atom. The van der Waals surface area contributed by atoms with Gasteiger partial charge in [-0.2, -0.15) is 5.26 Å². The second-order valence-corrected chi connectivity index (χ2v) is 2.13. The zero-order chi connectivity index (χ0) is 6.57. The van der Waals surface area contributed by atoms with E-state index in [0.29, 0.717) is 12.3 Å². The van der Waals surface area contributed by atoms with Crippen molar-refractivity contribution in [2.75, 3.05) is 0 Å². The van der Waals surface area contributed by atoms with E-state index in [0.717, 1.165) is 0 Å². The third-order valence-electron chi connectivity index (χ3n) is 0.718. The van der Waals surface area contributed by atoms with Gasteiger partial charge in [0.15, 0.2) is 0 Å². The number of hydrogen-bond donors (Lipinski definition) is 0. The molecule has 0 aliphatic heterocycles. The Bertz CT molecular complexity index is 121. The zero-order valence-corrected chi connectivity index (χ0v) is 5.14. The van der Waals surface area contributed by atoms with Crippen LogP contribution in [-0.4, -0.2) is 5.78 Å². The van der Waals surface area contributed by atoms with Crippen LogP contribution in [0.2, 0.25) is 0 Å². The number of Topliss-reactive ketones (excluding diaryl/α,β-unsaturated/α-hetero) is 1. The Morgan fingerprint density at radius 1 is 1.75 bits per heavy atom. The Labute approximate surface area is 49.1 Å². The Balaban J connectivity index is 3.44. The van der Waals surface area contributed by atoms with E-state index in [2.05, 4.69) is 0 Å². The Morgan fingerprint density at radius 3 is 2.38 bits per heavy atom. The second kappa shape index (κ2) is 3.20. The van der Waals surface area contributed by atoms with E-state index in [-0.39, 0.29) is 5.78 Å². The largest absolute Gasteiger partial charge is 0.283 e. The van der Waals surface area contributed by atoms with Crippen LogP contribution in [0.3, 0.4) is 0 Å². The molecule has 8 heavy (non-hydrogen) atoms. The lowest BCUT2D eigenvalue weighted by Crippen LogP contribution is -1.97. The molecule has 0 aliphatic rings. The average Bonchev–Trinajstić information content (AvgIpc) is 1.65. The van der Waals surface area contributed by atoms with Gasteiger partial charge < -0.3 is 0 Å². The van der Waals surface area contributed by atoms with Crippen molar-refractivity contribution in [1.82, 2.24) is 0 Å². The van der Waals surface area contributed by atoms with Gasteiger partial charge in [-0.15, -0.1) is 0 Å². The second-order valence-electron chi connectivity index (χ2n) is 2.13. The summed E-state index contributed by atoms with van der Waals surface area (Å²) in [5.41, 5.74) is 0. The molecule has 0 aromatic rings. The highest BCUT2D eigenvalue weighted by molar-refractivity contribution is 5.93. The molecule has 0 fully saturated rings. The van der Waals surface area contributed by atoms with Crippen LogP contribution in [0.5, 0.6) is 0 Å². The molecule has 2 heteroatoms. The molecule has 0 atom stereocenters. The minimum atomic E-state index is -0.319. The highest BCUT2D eigenvalue weighted by atomic mass is 16.1. The highest BCUT2D eigenvalue weighted by Gasteiger charge is 2.00. The first kappa shape index (κ1) is 7.16. The summed E-state index contributed by atoms with van der Waals surface area (Å²) in [6.45, 7) is 3.82. The van der Waals surface area contributed by atoms with Crippen LogP contribution in [0.4, 0.5) is 0 Å². The fourth-order valence-electron chi connectivity index (χ4n) is 0.416. The summed E-state index contributed by atoms with van der Waals surface area (Å²) < 4.78 is 0. The normalized spacial score (nSPS) is 8.75. The van der Waals surface area contributed by atoms with Crippen LogP contribution in [0.15, 0.2) is 0 Å². The van der Waals surface area contributed by atoms with Crippen LogP contribution in [0, 0.1) is 17.2 Å². The topological polar surface area (TPSA) is 40.9 Å². The molecule has 0 saturated heterocycles. The van der Waals surface area contributed by atoms with Gasteiger partial charge in [-0.25, -0.2) is 0 Å². The maximum absolute atomic E-state index is 10.3. The van der Waals surface area contributed by atoms with Crippen molar-refractivity contribution in [3.63, 3.8) is 0 Å². The molecule has 0 aromatic carbocycles. The van der Waals surface area contributed by atoms with E-state index in [4.69, 9.17) is 5.26 Å². The monoisotopic (exact) mass is 111 g/mol. The average molecular weight is 111 g/mol. The summed E-state index contributed by atoms with van der Waals surface area (Å²) in [6, 6.07) is 1.56. The fraction of sp³-hybridized carbons (Fsp3) is 0.667. The van der Waals surface area contributed by atoms with Crippen LogP contribution in [0.25, 0.3) is 0 Å². The van der Waals surface area contributed by atoms with Gasteiger partial charge in [0.05, 0.1) is 0 Å². The molecule has 2 nitrogen and oxygen atoms in total. The number of nitrogens with zero attached hydrogens (tertiary/aromatic N) is 1. The van der Waals surface area contributed by atoms with Crippen LogP contribution in [0.1, 0.15) is 20.3 Å². The third kappa shape index (κ3) is 3.35. The molecule has 0 bridgehead atoms. The molecule has 44 valence electrons. The summed E-state index contributed by atoms with van der Waals surface area (Å²) in [7, 11) is 0. The number of rotatable bonds is 2. The number of carbonyl (C=O) groups is 1. The molecule has 0 amide bonds.